The second kappa shape index (κ2) is 6.62. The number of ether oxygens (including phenoxy) is 2. The van der Waals surface area contributed by atoms with E-state index in [2.05, 4.69) is 5.32 Å². The van der Waals surface area contributed by atoms with E-state index >= 15 is 0 Å². The lowest BCUT2D eigenvalue weighted by Crippen LogP contribution is -2.46. The van der Waals surface area contributed by atoms with Crippen molar-refractivity contribution in [1.82, 2.24) is 5.32 Å². The molecule has 0 aliphatic carbocycles. The van der Waals surface area contributed by atoms with Crippen molar-refractivity contribution in [2.75, 3.05) is 31.1 Å². The molecule has 120 valence electrons. The highest BCUT2D eigenvalue weighted by Crippen LogP contribution is 2.33. The Kier molecular flexibility index (Phi) is 4.59. The highest BCUT2D eigenvalue weighted by molar-refractivity contribution is 5.96. The molecule has 1 N–H and O–H groups in total. The number of carbonyl (C=O) groups excluding carboxylic acids is 1. The summed E-state index contributed by atoms with van der Waals surface area (Å²) in [4.78, 5) is 14.1. The van der Waals surface area contributed by atoms with Gasteiger partial charge >= 0.3 is 0 Å². The van der Waals surface area contributed by atoms with E-state index in [1.54, 1.807) is 11.0 Å². The van der Waals surface area contributed by atoms with Gasteiger partial charge in [-0.25, -0.2) is 4.39 Å². The zero-order valence-electron chi connectivity index (χ0n) is 12.7. The van der Waals surface area contributed by atoms with Crippen LogP contribution in [0.25, 0.3) is 0 Å². The number of amides is 1. The molecule has 2 atom stereocenters. The second-order valence-corrected chi connectivity index (χ2v) is 5.81. The summed E-state index contributed by atoms with van der Waals surface area (Å²) in [6.07, 6.45) is 2.17. The third-order valence-corrected chi connectivity index (χ3v) is 3.95. The summed E-state index contributed by atoms with van der Waals surface area (Å²) in [5, 5.41) is 3.15. The van der Waals surface area contributed by atoms with Crippen LogP contribution in [-0.2, 0) is 9.53 Å². The first-order valence-corrected chi connectivity index (χ1v) is 7.72. The highest BCUT2D eigenvalue weighted by Gasteiger charge is 2.27. The number of nitrogens with zero attached hydrogens (tertiary/aromatic N) is 1. The summed E-state index contributed by atoms with van der Waals surface area (Å²) < 4.78 is 24.4. The van der Waals surface area contributed by atoms with Gasteiger partial charge in [-0.3, -0.25) is 4.79 Å². The van der Waals surface area contributed by atoms with E-state index in [-0.39, 0.29) is 30.5 Å². The van der Waals surface area contributed by atoms with Gasteiger partial charge in [0.1, 0.15) is 17.7 Å². The average molecular weight is 308 g/mol. The fourth-order valence-corrected chi connectivity index (χ4v) is 2.89. The molecule has 0 radical (unpaired) electrons. The van der Waals surface area contributed by atoms with Crippen molar-refractivity contribution in [2.24, 2.45) is 0 Å². The van der Waals surface area contributed by atoms with Crippen molar-refractivity contribution in [3.8, 4) is 5.75 Å². The van der Waals surface area contributed by atoms with Gasteiger partial charge in [0.15, 0.2) is 0 Å². The van der Waals surface area contributed by atoms with Crippen LogP contribution in [0.4, 0.5) is 10.1 Å². The van der Waals surface area contributed by atoms with Gasteiger partial charge in [0, 0.05) is 19.2 Å². The minimum Gasteiger partial charge on any atom is -0.487 e. The van der Waals surface area contributed by atoms with Gasteiger partial charge in [0.2, 0.25) is 5.91 Å². The summed E-state index contributed by atoms with van der Waals surface area (Å²) in [7, 11) is 0. The minimum atomic E-state index is -0.364. The molecule has 2 aliphatic heterocycles. The van der Waals surface area contributed by atoms with Crippen LogP contribution in [0.2, 0.25) is 0 Å². The number of fused-ring (bicyclic) bond motifs is 1. The van der Waals surface area contributed by atoms with Gasteiger partial charge in [-0.1, -0.05) is 0 Å². The molecule has 0 aromatic heterocycles. The number of hydrogen-bond donors (Lipinski definition) is 1. The zero-order chi connectivity index (χ0) is 15.5. The van der Waals surface area contributed by atoms with Gasteiger partial charge in [0.05, 0.1) is 24.9 Å². The van der Waals surface area contributed by atoms with Gasteiger partial charge in [-0.05, 0) is 31.9 Å². The van der Waals surface area contributed by atoms with Crippen LogP contribution in [0.5, 0.6) is 5.75 Å². The van der Waals surface area contributed by atoms with Gasteiger partial charge in [0.25, 0.3) is 0 Å². The van der Waals surface area contributed by atoms with Crippen molar-refractivity contribution >= 4 is 11.6 Å². The number of rotatable bonds is 4. The Labute approximate surface area is 129 Å². The van der Waals surface area contributed by atoms with E-state index in [0.29, 0.717) is 24.5 Å². The Balaban J connectivity index is 1.62. The quantitative estimate of drug-likeness (QED) is 0.920. The maximum absolute atomic E-state index is 13.3. The van der Waals surface area contributed by atoms with Crippen LogP contribution in [0, 0.1) is 5.82 Å². The van der Waals surface area contributed by atoms with Gasteiger partial charge in [-0.15, -0.1) is 0 Å². The number of halogens is 1. The number of carbonyl (C=O) groups is 1. The summed E-state index contributed by atoms with van der Waals surface area (Å²) >= 11 is 0. The van der Waals surface area contributed by atoms with Crippen molar-refractivity contribution in [2.45, 2.75) is 32.0 Å². The summed E-state index contributed by atoms with van der Waals surface area (Å²) in [6, 6.07) is 4.26. The van der Waals surface area contributed by atoms with E-state index < -0.39 is 0 Å². The lowest BCUT2D eigenvalue weighted by molar-refractivity contribution is -0.118. The molecule has 1 aromatic carbocycles. The van der Waals surface area contributed by atoms with Crippen LogP contribution >= 0.6 is 0 Å². The number of nitrogens with one attached hydrogen (secondary N) is 1. The first-order chi connectivity index (χ1) is 10.6. The van der Waals surface area contributed by atoms with Crippen LogP contribution < -0.4 is 15.0 Å². The monoisotopic (exact) mass is 308 g/mol. The molecule has 1 saturated heterocycles. The Bertz CT molecular complexity index is 546. The molecule has 6 heteroatoms. The molecule has 1 fully saturated rings. The van der Waals surface area contributed by atoms with Crippen molar-refractivity contribution in [3.05, 3.63) is 24.0 Å². The van der Waals surface area contributed by atoms with Gasteiger partial charge in [-0.2, -0.15) is 0 Å². The number of benzene rings is 1. The average Bonchev–Trinajstić information content (AvgIpc) is 2.99. The molecule has 1 amide bonds. The molecule has 1 aromatic rings. The molecule has 0 saturated carbocycles. The fourth-order valence-electron chi connectivity index (χ4n) is 2.89. The second-order valence-electron chi connectivity index (χ2n) is 5.81. The Morgan fingerprint density at radius 3 is 3.14 bits per heavy atom. The third kappa shape index (κ3) is 3.39. The van der Waals surface area contributed by atoms with Gasteiger partial charge < -0.3 is 19.7 Å². The van der Waals surface area contributed by atoms with E-state index in [1.165, 1.54) is 12.1 Å². The van der Waals surface area contributed by atoms with Crippen LogP contribution in [0.15, 0.2) is 18.2 Å². The molecule has 3 rings (SSSR count). The molecule has 0 spiro atoms. The summed E-state index contributed by atoms with van der Waals surface area (Å²) in [5.41, 5.74) is 0.628. The molecule has 5 nitrogen and oxygen atoms in total. The van der Waals surface area contributed by atoms with Crippen molar-refractivity contribution < 1.29 is 18.7 Å². The highest BCUT2D eigenvalue weighted by atomic mass is 19.1. The number of anilines is 1. The number of hydrogen-bond acceptors (Lipinski definition) is 4. The van der Waals surface area contributed by atoms with E-state index in [0.717, 1.165) is 19.4 Å². The molecule has 0 unspecified atom stereocenters. The lowest BCUT2D eigenvalue weighted by Gasteiger charge is -2.33. The largest absolute Gasteiger partial charge is 0.487 e. The van der Waals surface area contributed by atoms with E-state index in [4.69, 9.17) is 9.47 Å². The molecular weight excluding hydrogens is 287 g/mol. The van der Waals surface area contributed by atoms with Crippen molar-refractivity contribution in [3.63, 3.8) is 0 Å². The summed E-state index contributed by atoms with van der Waals surface area (Å²) in [6.45, 7) is 4.07. The Hall–Kier alpha value is -1.66. The SMILES string of the molecule is C[C@H]1CN(C(=O)CNC[C@@H]2CCCO2)c2ccc(F)cc2O1. The first kappa shape index (κ1) is 15.2. The van der Waals surface area contributed by atoms with E-state index in [1.807, 2.05) is 6.92 Å². The van der Waals surface area contributed by atoms with Crippen molar-refractivity contribution in [1.29, 1.82) is 0 Å². The third-order valence-electron chi connectivity index (χ3n) is 3.95. The van der Waals surface area contributed by atoms with E-state index in [9.17, 15) is 9.18 Å². The molecule has 2 heterocycles. The van der Waals surface area contributed by atoms with Crippen LogP contribution in [0.3, 0.4) is 0 Å². The maximum Gasteiger partial charge on any atom is 0.241 e. The maximum atomic E-state index is 13.3. The predicted molar refractivity (Wildman–Crippen MR) is 80.7 cm³/mol. The lowest BCUT2D eigenvalue weighted by atomic mass is 10.2. The Morgan fingerprint density at radius 1 is 1.50 bits per heavy atom. The smallest absolute Gasteiger partial charge is 0.241 e. The Morgan fingerprint density at radius 2 is 2.36 bits per heavy atom. The van der Waals surface area contributed by atoms with Crippen LogP contribution in [-0.4, -0.2) is 44.4 Å². The zero-order valence-corrected chi connectivity index (χ0v) is 12.7. The predicted octanol–water partition coefficient (Wildman–Crippen LogP) is 1.71. The molecular formula is C16H21FN2O3. The topological polar surface area (TPSA) is 50.8 Å². The first-order valence-electron chi connectivity index (χ1n) is 7.72. The minimum absolute atomic E-state index is 0.0407. The normalized spacial score (nSPS) is 24.0. The summed E-state index contributed by atoms with van der Waals surface area (Å²) in [5.74, 6) is 0.0176. The molecule has 2 aliphatic rings. The standard InChI is InChI=1S/C16H21FN2O3/c1-11-10-19(14-5-4-12(17)7-15(14)22-11)16(20)9-18-8-13-3-2-6-21-13/h4-5,7,11,13,18H,2-3,6,8-10H2,1H3/t11-,13-/m0/s1. The fraction of sp³-hybridized carbons (Fsp3) is 0.562. The molecule has 22 heavy (non-hydrogen) atoms. The molecule has 0 bridgehead atoms. The van der Waals surface area contributed by atoms with Crippen LogP contribution in [0.1, 0.15) is 19.8 Å².